The average molecular weight is 364 g/mol. The molecule has 2 N–H and O–H groups in total. The molecule has 0 bridgehead atoms. The number of nitrogens with zero attached hydrogens (tertiary/aromatic N) is 1. The van der Waals surface area contributed by atoms with Crippen molar-refractivity contribution in [3.8, 4) is 0 Å². The molecule has 1 aliphatic carbocycles. The first kappa shape index (κ1) is 17.7. The number of rotatable bonds is 5. The highest BCUT2D eigenvalue weighted by Crippen LogP contribution is 2.33. The first-order chi connectivity index (χ1) is 12.0. The van der Waals surface area contributed by atoms with Crippen molar-refractivity contribution in [2.75, 3.05) is 6.54 Å². The molecule has 1 saturated carbocycles. The highest BCUT2D eigenvalue weighted by atomic mass is 35.5. The van der Waals surface area contributed by atoms with Crippen molar-refractivity contribution in [3.63, 3.8) is 0 Å². The van der Waals surface area contributed by atoms with Crippen LogP contribution in [0, 0.1) is 0 Å². The minimum atomic E-state index is -0.730. The molecule has 25 heavy (non-hydrogen) atoms. The van der Waals surface area contributed by atoms with Crippen LogP contribution in [-0.2, 0) is 16.1 Å². The zero-order valence-electron chi connectivity index (χ0n) is 14.0. The highest BCUT2D eigenvalue weighted by molar-refractivity contribution is 6.30. The Morgan fingerprint density at radius 3 is 2.72 bits per heavy atom. The van der Waals surface area contributed by atoms with Gasteiger partial charge in [-0.1, -0.05) is 43.0 Å². The highest BCUT2D eigenvalue weighted by Gasteiger charge is 2.50. The number of urea groups is 1. The van der Waals surface area contributed by atoms with Gasteiger partial charge in [-0.25, -0.2) is 4.79 Å². The van der Waals surface area contributed by atoms with Crippen molar-refractivity contribution in [2.24, 2.45) is 0 Å². The van der Waals surface area contributed by atoms with Crippen LogP contribution in [0.25, 0.3) is 0 Å². The third kappa shape index (κ3) is 3.95. The van der Waals surface area contributed by atoms with E-state index in [0.29, 0.717) is 24.4 Å². The number of hydrogen-bond acceptors (Lipinski definition) is 3. The molecule has 0 unspecified atom stereocenters. The summed E-state index contributed by atoms with van der Waals surface area (Å²) < 4.78 is 0. The van der Waals surface area contributed by atoms with Gasteiger partial charge >= 0.3 is 6.03 Å². The number of benzene rings is 1. The van der Waals surface area contributed by atoms with Gasteiger partial charge in [-0.2, -0.15) is 0 Å². The molecular weight excluding hydrogens is 342 g/mol. The van der Waals surface area contributed by atoms with Crippen molar-refractivity contribution < 1.29 is 14.4 Å². The summed E-state index contributed by atoms with van der Waals surface area (Å²) in [4.78, 5) is 38.0. The van der Waals surface area contributed by atoms with Gasteiger partial charge in [-0.3, -0.25) is 14.5 Å². The normalized spacial score (nSPS) is 19.2. The Morgan fingerprint density at radius 1 is 1.24 bits per heavy atom. The minimum Gasteiger partial charge on any atom is -0.352 e. The molecule has 1 aliphatic heterocycles. The second-order valence-corrected chi connectivity index (χ2v) is 7.12. The fourth-order valence-corrected chi connectivity index (χ4v) is 3.74. The summed E-state index contributed by atoms with van der Waals surface area (Å²) in [6.45, 7) is 0.470. The lowest BCUT2D eigenvalue weighted by Gasteiger charge is -2.30. The van der Waals surface area contributed by atoms with Crippen LogP contribution in [0.4, 0.5) is 4.79 Å². The molecule has 0 radical (unpaired) electrons. The maximum absolute atomic E-state index is 12.6. The Morgan fingerprint density at radius 2 is 2.00 bits per heavy atom. The largest absolute Gasteiger partial charge is 0.352 e. The number of hydrogen-bond donors (Lipinski definition) is 2. The summed E-state index contributed by atoms with van der Waals surface area (Å²) in [6, 6.07) is 6.86. The molecule has 134 valence electrons. The topological polar surface area (TPSA) is 78.5 Å². The van der Waals surface area contributed by atoms with E-state index in [0.717, 1.165) is 24.8 Å². The fourth-order valence-electron chi connectivity index (χ4n) is 3.52. The van der Waals surface area contributed by atoms with Crippen molar-refractivity contribution in [3.05, 3.63) is 34.9 Å². The summed E-state index contributed by atoms with van der Waals surface area (Å²) in [6.07, 6.45) is 4.46. The number of carbonyl (C=O) groups excluding carboxylic acids is 3. The van der Waals surface area contributed by atoms with E-state index in [9.17, 15) is 14.4 Å². The van der Waals surface area contributed by atoms with E-state index in [1.165, 1.54) is 4.90 Å². The van der Waals surface area contributed by atoms with E-state index in [1.54, 1.807) is 12.1 Å². The number of amides is 4. The second kappa shape index (κ2) is 7.44. The van der Waals surface area contributed by atoms with Gasteiger partial charge in [0.05, 0.1) is 0 Å². The zero-order chi connectivity index (χ0) is 17.9. The van der Waals surface area contributed by atoms with E-state index in [-0.39, 0.29) is 30.8 Å². The lowest BCUT2D eigenvalue weighted by molar-refractivity contribution is -0.132. The smallest absolute Gasteiger partial charge is 0.325 e. The average Bonchev–Trinajstić information content (AvgIpc) is 2.82. The van der Waals surface area contributed by atoms with Crippen molar-refractivity contribution in [1.82, 2.24) is 15.5 Å². The summed E-state index contributed by atoms with van der Waals surface area (Å²) in [7, 11) is 0. The van der Waals surface area contributed by atoms with Crippen LogP contribution in [-0.4, -0.2) is 34.8 Å². The number of nitrogens with one attached hydrogen (secondary N) is 2. The molecule has 6 nitrogen and oxygen atoms in total. The van der Waals surface area contributed by atoms with Gasteiger partial charge < -0.3 is 10.6 Å². The third-order valence-electron chi connectivity index (χ3n) is 4.89. The molecule has 1 spiro atoms. The molecule has 1 saturated heterocycles. The van der Waals surface area contributed by atoms with E-state index in [2.05, 4.69) is 10.6 Å². The predicted molar refractivity (Wildman–Crippen MR) is 94.0 cm³/mol. The molecule has 2 fully saturated rings. The first-order valence-corrected chi connectivity index (χ1v) is 9.03. The van der Waals surface area contributed by atoms with Gasteiger partial charge in [0.15, 0.2) is 0 Å². The molecule has 2 aliphatic rings. The van der Waals surface area contributed by atoms with Gasteiger partial charge in [-0.05, 0) is 30.5 Å². The molecule has 0 atom stereocenters. The lowest BCUT2D eigenvalue weighted by Crippen LogP contribution is -2.48. The number of imide groups is 1. The summed E-state index contributed by atoms with van der Waals surface area (Å²) >= 11 is 5.91. The fraction of sp³-hybridized carbons (Fsp3) is 0.500. The maximum Gasteiger partial charge on any atom is 0.325 e. The second-order valence-electron chi connectivity index (χ2n) is 6.69. The Bertz CT molecular complexity index is 686. The Labute approximate surface area is 151 Å². The molecule has 0 aromatic heterocycles. The van der Waals surface area contributed by atoms with Crippen LogP contribution in [0.2, 0.25) is 5.02 Å². The van der Waals surface area contributed by atoms with Gasteiger partial charge in [-0.15, -0.1) is 0 Å². The molecule has 1 aromatic carbocycles. The van der Waals surface area contributed by atoms with Crippen LogP contribution in [0.15, 0.2) is 24.3 Å². The quantitative estimate of drug-likeness (QED) is 0.789. The Kier molecular flexibility index (Phi) is 5.27. The van der Waals surface area contributed by atoms with Crippen LogP contribution < -0.4 is 10.6 Å². The van der Waals surface area contributed by atoms with Gasteiger partial charge in [0, 0.05) is 24.5 Å². The summed E-state index contributed by atoms with van der Waals surface area (Å²) in [5, 5.41) is 6.25. The lowest BCUT2D eigenvalue weighted by atomic mass is 9.82. The van der Waals surface area contributed by atoms with Crippen molar-refractivity contribution in [2.45, 2.75) is 50.6 Å². The van der Waals surface area contributed by atoms with Gasteiger partial charge in [0.1, 0.15) is 5.54 Å². The van der Waals surface area contributed by atoms with E-state index in [1.807, 2.05) is 12.1 Å². The van der Waals surface area contributed by atoms with E-state index >= 15 is 0 Å². The molecular formula is C18H22ClN3O3. The third-order valence-corrected chi connectivity index (χ3v) is 5.13. The minimum absolute atomic E-state index is 0.0931. The first-order valence-electron chi connectivity index (χ1n) is 8.65. The molecule has 7 heteroatoms. The summed E-state index contributed by atoms with van der Waals surface area (Å²) in [5.74, 6) is -0.384. The van der Waals surface area contributed by atoms with Crippen LogP contribution in [0.3, 0.4) is 0 Å². The van der Waals surface area contributed by atoms with Crippen molar-refractivity contribution in [1.29, 1.82) is 0 Å². The molecule has 1 aromatic rings. The summed E-state index contributed by atoms with van der Waals surface area (Å²) in [5.41, 5.74) is 0.170. The number of halogens is 1. The van der Waals surface area contributed by atoms with E-state index < -0.39 is 5.54 Å². The van der Waals surface area contributed by atoms with Gasteiger partial charge in [0.2, 0.25) is 5.91 Å². The van der Waals surface area contributed by atoms with Gasteiger partial charge in [0.25, 0.3) is 5.91 Å². The molecule has 3 rings (SSSR count). The number of carbonyl (C=O) groups is 3. The van der Waals surface area contributed by atoms with E-state index in [4.69, 9.17) is 11.6 Å². The Balaban J connectivity index is 1.50. The zero-order valence-corrected chi connectivity index (χ0v) is 14.8. The standard InChI is InChI=1S/C18H22ClN3O3/c19-14-6-4-5-13(11-14)12-20-15(23)7-10-22-16(24)18(21-17(22)25)8-2-1-3-9-18/h4-6,11H,1-3,7-10,12H2,(H,20,23)(H,21,25). The monoisotopic (exact) mass is 363 g/mol. The predicted octanol–water partition coefficient (Wildman–Crippen LogP) is 2.60. The van der Waals surface area contributed by atoms with Crippen LogP contribution in [0.1, 0.15) is 44.1 Å². The maximum atomic E-state index is 12.6. The molecule has 4 amide bonds. The van der Waals surface area contributed by atoms with Crippen molar-refractivity contribution >= 4 is 29.4 Å². The SMILES string of the molecule is O=C(CCN1C(=O)NC2(CCCCC2)C1=O)NCc1cccc(Cl)c1. The Hall–Kier alpha value is -2.08. The van der Waals surface area contributed by atoms with Crippen LogP contribution in [0.5, 0.6) is 0 Å². The van der Waals surface area contributed by atoms with Crippen LogP contribution >= 0.6 is 11.6 Å². The molecule has 1 heterocycles.